The fraction of sp³-hybridized carbons (Fsp3) is 0.235. The average Bonchev–Trinajstić information content (AvgIpc) is 2.68. The minimum Gasteiger partial charge on any atom is -0.350 e. The number of carbonyl (C=O) groups is 1. The van der Waals surface area contributed by atoms with E-state index in [1.54, 1.807) is 11.1 Å². The third kappa shape index (κ3) is 4.51. The fourth-order valence-corrected chi connectivity index (χ4v) is 3.19. The highest BCUT2D eigenvalue weighted by molar-refractivity contribution is 8.20. The van der Waals surface area contributed by atoms with Crippen LogP contribution in [0.5, 0.6) is 0 Å². The molecule has 1 aromatic carbocycles. The Morgan fingerprint density at radius 3 is 2.30 bits per heavy atom. The van der Waals surface area contributed by atoms with Gasteiger partial charge in [-0.05, 0) is 30.3 Å². The van der Waals surface area contributed by atoms with Crippen LogP contribution in [0.1, 0.15) is 0 Å². The molecule has 1 amide bonds. The van der Waals surface area contributed by atoms with Crippen molar-refractivity contribution < 1.29 is 16.5 Å². The molecule has 2 aromatic rings. The molecule has 1 aliphatic rings. The van der Waals surface area contributed by atoms with E-state index < -0.39 is 16.1 Å². The number of amides is 1. The zero-order chi connectivity index (χ0) is 19.4. The Kier molecular flexibility index (Phi) is 5.54. The molecule has 0 unspecified atom stereocenters. The Bertz CT molecular complexity index is 820. The van der Waals surface area contributed by atoms with Crippen LogP contribution in [-0.2, 0) is 4.79 Å². The van der Waals surface area contributed by atoms with Crippen LogP contribution in [-0.4, -0.2) is 47.0 Å². The Morgan fingerprint density at radius 1 is 1.07 bits per heavy atom. The molecule has 2 heterocycles. The molecule has 0 spiro atoms. The number of aromatic nitrogens is 2. The van der Waals surface area contributed by atoms with Crippen molar-refractivity contribution in [3.05, 3.63) is 49.3 Å². The molecule has 1 saturated heterocycles. The number of benzene rings is 1. The summed E-state index contributed by atoms with van der Waals surface area (Å²) in [7, 11) is 0. The number of nitrogens with zero attached hydrogens (tertiary/aromatic N) is 4. The summed E-state index contributed by atoms with van der Waals surface area (Å²) >= 11 is -5.24. The van der Waals surface area contributed by atoms with Crippen molar-refractivity contribution in [2.75, 3.05) is 36.4 Å². The third-order valence-corrected chi connectivity index (χ3v) is 4.94. The molecule has 10 heteroatoms. The van der Waals surface area contributed by atoms with Crippen LogP contribution in [0, 0.1) is 0 Å². The molecular formula is C17H18F3N5OS. The fourth-order valence-electron chi connectivity index (χ4n) is 2.75. The van der Waals surface area contributed by atoms with Gasteiger partial charge in [0.1, 0.15) is 0 Å². The van der Waals surface area contributed by atoms with Gasteiger partial charge < -0.3 is 15.1 Å². The van der Waals surface area contributed by atoms with Crippen molar-refractivity contribution in [3.63, 3.8) is 0 Å². The molecule has 3 rings (SSSR count). The van der Waals surface area contributed by atoms with E-state index >= 15 is 0 Å². The molecule has 0 bridgehead atoms. The second kappa shape index (κ2) is 7.87. The number of hydrogen-bond acceptors (Lipinski definition) is 5. The Morgan fingerprint density at radius 2 is 1.70 bits per heavy atom. The second-order valence-corrected chi connectivity index (χ2v) is 7.09. The standard InChI is InChI=1S/C17H18F3N5OS/c1-2-15(26)24-9-11-25(12-10-24)17-16(21-7-8-22-17)23-13-3-5-14(6-4-13)27(18,19)20/h2-8H,1,9-12H2,(H,21,23). The van der Waals surface area contributed by atoms with E-state index in [0.717, 1.165) is 12.1 Å². The lowest BCUT2D eigenvalue weighted by molar-refractivity contribution is -0.126. The van der Waals surface area contributed by atoms with Gasteiger partial charge in [-0.25, -0.2) is 9.97 Å². The number of halogens is 3. The van der Waals surface area contributed by atoms with Gasteiger partial charge in [0.25, 0.3) is 0 Å². The van der Waals surface area contributed by atoms with Gasteiger partial charge in [-0.3, -0.25) is 4.79 Å². The van der Waals surface area contributed by atoms with Crippen LogP contribution in [0.4, 0.5) is 29.0 Å². The SMILES string of the molecule is C=CC(=O)N1CCN(c2nccnc2Nc2ccc(S(F)(F)F)cc2)CC1. The molecule has 27 heavy (non-hydrogen) atoms. The number of rotatable bonds is 5. The molecule has 0 aliphatic carbocycles. The zero-order valence-corrected chi connectivity index (χ0v) is 15.1. The van der Waals surface area contributed by atoms with Crippen LogP contribution in [0.15, 0.2) is 54.2 Å². The van der Waals surface area contributed by atoms with Gasteiger partial charge >= 0.3 is 0 Å². The average molecular weight is 397 g/mol. The van der Waals surface area contributed by atoms with E-state index in [1.165, 1.54) is 24.4 Å². The predicted molar refractivity (Wildman–Crippen MR) is 99.9 cm³/mol. The first kappa shape index (κ1) is 19.0. The maximum atomic E-state index is 12.8. The van der Waals surface area contributed by atoms with E-state index in [1.807, 2.05) is 4.90 Å². The van der Waals surface area contributed by atoms with Crippen LogP contribution >= 0.6 is 11.2 Å². The molecule has 6 nitrogen and oxygen atoms in total. The summed E-state index contributed by atoms with van der Waals surface area (Å²) in [5.74, 6) is 0.931. The molecule has 0 atom stereocenters. The van der Waals surface area contributed by atoms with Gasteiger partial charge in [0, 0.05) is 44.3 Å². The van der Waals surface area contributed by atoms with Crippen molar-refractivity contribution >= 4 is 34.4 Å². The molecule has 1 aliphatic heterocycles. The molecule has 144 valence electrons. The molecule has 1 aromatic heterocycles. The summed E-state index contributed by atoms with van der Waals surface area (Å²) in [6, 6.07) is 4.84. The summed E-state index contributed by atoms with van der Waals surface area (Å²) in [6.45, 7) is 5.70. The first-order chi connectivity index (χ1) is 12.9. The van der Waals surface area contributed by atoms with Crippen molar-refractivity contribution in [1.29, 1.82) is 0 Å². The van der Waals surface area contributed by atoms with Crippen LogP contribution in [0.25, 0.3) is 0 Å². The van der Waals surface area contributed by atoms with Gasteiger partial charge in [0.05, 0.1) is 4.90 Å². The summed E-state index contributed by atoms with van der Waals surface area (Å²) in [6.07, 6.45) is 4.35. The van der Waals surface area contributed by atoms with Crippen LogP contribution in [0.2, 0.25) is 0 Å². The number of piperazine rings is 1. The maximum absolute atomic E-state index is 12.8. The largest absolute Gasteiger partial charge is 0.350 e. The maximum Gasteiger partial charge on any atom is 0.246 e. The number of anilines is 3. The van der Waals surface area contributed by atoms with E-state index in [0.29, 0.717) is 43.5 Å². The monoisotopic (exact) mass is 397 g/mol. The van der Waals surface area contributed by atoms with Gasteiger partial charge in [-0.2, -0.15) is 0 Å². The summed E-state index contributed by atoms with van der Waals surface area (Å²) < 4.78 is 38.3. The van der Waals surface area contributed by atoms with E-state index in [2.05, 4.69) is 21.9 Å². The van der Waals surface area contributed by atoms with Crippen molar-refractivity contribution in [3.8, 4) is 0 Å². The summed E-state index contributed by atoms with van der Waals surface area (Å²) in [5.41, 5.74) is 0.490. The smallest absolute Gasteiger partial charge is 0.246 e. The summed E-state index contributed by atoms with van der Waals surface area (Å²) in [5, 5.41) is 3.02. The highest BCUT2D eigenvalue weighted by Crippen LogP contribution is 2.60. The lowest BCUT2D eigenvalue weighted by Crippen LogP contribution is -2.48. The first-order valence-electron chi connectivity index (χ1n) is 8.15. The lowest BCUT2D eigenvalue weighted by Gasteiger charge is -2.35. The van der Waals surface area contributed by atoms with Crippen LogP contribution in [0.3, 0.4) is 0 Å². The van der Waals surface area contributed by atoms with Gasteiger partial charge in [-0.15, -0.1) is 11.7 Å². The zero-order valence-electron chi connectivity index (χ0n) is 14.3. The Balaban J connectivity index is 1.73. The van der Waals surface area contributed by atoms with Crippen molar-refractivity contribution in [2.24, 2.45) is 0 Å². The highest BCUT2D eigenvalue weighted by atomic mass is 32.3. The molecule has 1 N–H and O–H groups in total. The minimum absolute atomic E-state index is 0.112. The highest BCUT2D eigenvalue weighted by Gasteiger charge is 2.24. The molecule has 1 fully saturated rings. The van der Waals surface area contributed by atoms with E-state index in [4.69, 9.17) is 0 Å². The van der Waals surface area contributed by atoms with Gasteiger partial charge in [-0.1, -0.05) is 6.58 Å². The number of hydrogen-bond donors (Lipinski definition) is 1. The normalized spacial score (nSPS) is 15.4. The molecule has 0 saturated carbocycles. The first-order valence-corrected chi connectivity index (χ1v) is 9.48. The van der Waals surface area contributed by atoms with E-state index in [-0.39, 0.29) is 5.91 Å². The van der Waals surface area contributed by atoms with Crippen LogP contribution < -0.4 is 10.2 Å². The Labute approximate surface area is 156 Å². The quantitative estimate of drug-likeness (QED) is 0.776. The summed E-state index contributed by atoms with van der Waals surface area (Å²) in [4.78, 5) is 23.3. The molecule has 0 radical (unpaired) electrons. The predicted octanol–water partition coefficient (Wildman–Crippen LogP) is 3.87. The molecular weight excluding hydrogens is 379 g/mol. The van der Waals surface area contributed by atoms with Crippen molar-refractivity contribution in [2.45, 2.75) is 4.90 Å². The van der Waals surface area contributed by atoms with Gasteiger partial charge in [0.15, 0.2) is 11.6 Å². The Hall–Kier alpha value is -2.75. The van der Waals surface area contributed by atoms with Gasteiger partial charge in [0.2, 0.25) is 17.1 Å². The van der Waals surface area contributed by atoms with E-state index in [9.17, 15) is 16.5 Å². The minimum atomic E-state index is -5.24. The second-order valence-electron chi connectivity index (χ2n) is 5.80. The lowest BCUT2D eigenvalue weighted by atomic mass is 10.3. The third-order valence-electron chi connectivity index (χ3n) is 4.13. The number of carbonyl (C=O) groups excluding carboxylic acids is 1. The van der Waals surface area contributed by atoms with Crippen molar-refractivity contribution in [1.82, 2.24) is 14.9 Å². The topological polar surface area (TPSA) is 61.4 Å². The number of nitrogens with one attached hydrogen (secondary N) is 1.